The molecule has 0 amide bonds. The zero-order chi connectivity index (χ0) is 14.2. The van der Waals surface area contributed by atoms with Crippen LogP contribution in [0.1, 0.15) is 13.3 Å². The van der Waals surface area contributed by atoms with Gasteiger partial charge in [-0.1, -0.05) is 36.2 Å². The Bertz CT molecular complexity index is 580. The largest absolute Gasteiger partial charge is 0.327 e. The second-order valence-corrected chi connectivity index (χ2v) is 7.54. The number of nitrogens with zero attached hydrogens (tertiary/aromatic N) is 1. The Hall–Kier alpha value is -0.0400. The molecule has 2 rings (SSSR count). The summed E-state index contributed by atoms with van der Waals surface area (Å²) in [5, 5.41) is 0.316. The van der Waals surface area contributed by atoms with Gasteiger partial charge in [-0.15, -0.1) is 12.4 Å². The van der Waals surface area contributed by atoms with Gasteiger partial charge in [0.05, 0.1) is 10.0 Å². The molecule has 0 aromatic heterocycles. The van der Waals surface area contributed by atoms with Crippen molar-refractivity contribution in [3.05, 3.63) is 28.2 Å². The molecule has 114 valence electrons. The van der Waals surface area contributed by atoms with Gasteiger partial charge in [0.1, 0.15) is 4.90 Å². The molecular weight excluding hydrogens is 343 g/mol. The second kappa shape index (κ2) is 6.81. The van der Waals surface area contributed by atoms with Crippen molar-refractivity contribution in [2.45, 2.75) is 24.3 Å². The van der Waals surface area contributed by atoms with Crippen molar-refractivity contribution < 1.29 is 8.42 Å². The fraction of sp³-hybridized carbons (Fsp3) is 0.500. The van der Waals surface area contributed by atoms with Gasteiger partial charge in [-0.25, -0.2) is 8.42 Å². The zero-order valence-corrected chi connectivity index (χ0v) is 14.1. The van der Waals surface area contributed by atoms with Gasteiger partial charge >= 0.3 is 0 Å². The van der Waals surface area contributed by atoms with Crippen molar-refractivity contribution in [2.75, 3.05) is 13.1 Å². The van der Waals surface area contributed by atoms with E-state index in [1.165, 1.54) is 10.4 Å². The van der Waals surface area contributed by atoms with E-state index < -0.39 is 10.0 Å². The van der Waals surface area contributed by atoms with Crippen molar-refractivity contribution in [1.82, 2.24) is 4.31 Å². The summed E-state index contributed by atoms with van der Waals surface area (Å²) >= 11 is 11.9. The van der Waals surface area contributed by atoms with Crippen LogP contribution in [0.5, 0.6) is 0 Å². The van der Waals surface area contributed by atoms with Gasteiger partial charge in [-0.2, -0.15) is 4.31 Å². The lowest BCUT2D eigenvalue weighted by atomic mass is 9.96. The maximum Gasteiger partial charge on any atom is 0.244 e. The molecule has 1 aromatic rings. The number of hydrogen-bond donors (Lipinski definition) is 1. The van der Waals surface area contributed by atoms with E-state index in [0.29, 0.717) is 19.5 Å². The summed E-state index contributed by atoms with van der Waals surface area (Å²) in [7, 11) is -3.61. The lowest BCUT2D eigenvalue weighted by Gasteiger charge is -2.34. The van der Waals surface area contributed by atoms with Crippen molar-refractivity contribution in [2.24, 2.45) is 11.7 Å². The summed E-state index contributed by atoms with van der Waals surface area (Å²) in [6.07, 6.45) is 0.651. The van der Waals surface area contributed by atoms with E-state index in [1.54, 1.807) is 12.1 Å². The van der Waals surface area contributed by atoms with Crippen molar-refractivity contribution in [1.29, 1.82) is 0 Å². The van der Waals surface area contributed by atoms with Gasteiger partial charge in [0.25, 0.3) is 0 Å². The Morgan fingerprint density at radius 1 is 1.35 bits per heavy atom. The molecule has 0 spiro atoms. The van der Waals surface area contributed by atoms with Crippen molar-refractivity contribution in [3.63, 3.8) is 0 Å². The molecule has 2 unspecified atom stereocenters. The molecule has 0 saturated carbocycles. The van der Waals surface area contributed by atoms with E-state index in [1.807, 2.05) is 6.92 Å². The maximum atomic E-state index is 12.6. The predicted octanol–water partition coefficient (Wildman–Crippen LogP) is 2.77. The van der Waals surface area contributed by atoms with Crippen LogP contribution in [0.15, 0.2) is 23.1 Å². The summed E-state index contributed by atoms with van der Waals surface area (Å²) in [5.41, 5.74) is 5.91. The van der Waals surface area contributed by atoms with Gasteiger partial charge < -0.3 is 5.73 Å². The average Bonchev–Trinajstić information content (AvgIpc) is 2.35. The van der Waals surface area contributed by atoms with Crippen LogP contribution in [0.4, 0.5) is 0 Å². The van der Waals surface area contributed by atoms with Crippen LogP contribution >= 0.6 is 35.6 Å². The molecule has 4 nitrogen and oxygen atoms in total. The first-order valence-corrected chi connectivity index (χ1v) is 8.23. The summed E-state index contributed by atoms with van der Waals surface area (Å²) in [6, 6.07) is 4.67. The minimum absolute atomic E-state index is 0. The number of hydrogen-bond acceptors (Lipinski definition) is 3. The molecule has 0 bridgehead atoms. The topological polar surface area (TPSA) is 63.4 Å². The van der Waals surface area contributed by atoms with E-state index in [9.17, 15) is 8.42 Å². The lowest BCUT2D eigenvalue weighted by Crippen LogP contribution is -2.48. The van der Waals surface area contributed by atoms with Gasteiger partial charge in [-0.05, 0) is 24.5 Å². The van der Waals surface area contributed by atoms with Crippen LogP contribution in [-0.2, 0) is 10.0 Å². The molecule has 2 N–H and O–H groups in total. The number of halogens is 3. The second-order valence-electron chi connectivity index (χ2n) is 4.84. The quantitative estimate of drug-likeness (QED) is 0.883. The fourth-order valence-electron chi connectivity index (χ4n) is 2.17. The smallest absolute Gasteiger partial charge is 0.244 e. The molecule has 1 heterocycles. The molecule has 20 heavy (non-hydrogen) atoms. The van der Waals surface area contributed by atoms with E-state index in [2.05, 4.69) is 0 Å². The number of piperidine rings is 1. The molecule has 0 aliphatic carbocycles. The Morgan fingerprint density at radius 3 is 2.60 bits per heavy atom. The summed E-state index contributed by atoms with van der Waals surface area (Å²) in [4.78, 5) is 0.0596. The third-order valence-corrected chi connectivity index (χ3v) is 6.31. The number of benzene rings is 1. The normalized spacial score (nSPS) is 24.2. The number of sulfonamides is 1. The molecular formula is C12H17Cl3N2O2S. The molecule has 1 aliphatic heterocycles. The van der Waals surface area contributed by atoms with E-state index in [0.717, 1.165) is 0 Å². The van der Waals surface area contributed by atoms with E-state index in [-0.39, 0.29) is 39.3 Å². The minimum Gasteiger partial charge on any atom is -0.327 e. The number of nitrogens with two attached hydrogens (primary N) is 1. The monoisotopic (exact) mass is 358 g/mol. The molecule has 1 aromatic carbocycles. The fourth-order valence-corrected chi connectivity index (χ4v) is 4.46. The van der Waals surface area contributed by atoms with Crippen molar-refractivity contribution >= 4 is 45.6 Å². The first kappa shape index (κ1) is 18.0. The van der Waals surface area contributed by atoms with Crippen LogP contribution in [0.25, 0.3) is 0 Å². The van der Waals surface area contributed by atoms with Crippen LogP contribution in [0.2, 0.25) is 10.0 Å². The van der Waals surface area contributed by atoms with Crippen LogP contribution in [-0.4, -0.2) is 31.9 Å². The van der Waals surface area contributed by atoms with Gasteiger partial charge in [-0.3, -0.25) is 0 Å². The standard InChI is InChI=1S/C12H16Cl2N2O2S.ClH/c1-8-7-16(6-5-10(8)15)19(17,18)11-4-2-3-9(13)12(11)14;/h2-4,8,10H,5-7,15H2,1H3;1H. The summed E-state index contributed by atoms with van der Waals surface area (Å²) < 4.78 is 26.5. The molecule has 1 aliphatic rings. The third-order valence-electron chi connectivity index (χ3n) is 3.47. The molecule has 0 radical (unpaired) electrons. The highest BCUT2D eigenvalue weighted by atomic mass is 35.5. The SMILES string of the molecule is CC1CN(S(=O)(=O)c2cccc(Cl)c2Cl)CCC1N.Cl. The highest BCUT2D eigenvalue weighted by molar-refractivity contribution is 7.89. The van der Waals surface area contributed by atoms with Crippen LogP contribution in [0, 0.1) is 5.92 Å². The highest BCUT2D eigenvalue weighted by Crippen LogP contribution is 2.32. The van der Waals surface area contributed by atoms with Crippen LogP contribution in [0.3, 0.4) is 0 Å². The highest BCUT2D eigenvalue weighted by Gasteiger charge is 2.33. The predicted molar refractivity (Wildman–Crippen MR) is 84.2 cm³/mol. The first-order valence-electron chi connectivity index (χ1n) is 6.03. The number of rotatable bonds is 2. The van der Waals surface area contributed by atoms with Crippen molar-refractivity contribution in [3.8, 4) is 0 Å². The summed E-state index contributed by atoms with van der Waals surface area (Å²) in [5.74, 6) is 0.126. The average molecular weight is 360 g/mol. The van der Waals surface area contributed by atoms with E-state index in [4.69, 9.17) is 28.9 Å². The van der Waals surface area contributed by atoms with Crippen LogP contribution < -0.4 is 5.73 Å². The van der Waals surface area contributed by atoms with Gasteiger partial charge in [0, 0.05) is 19.1 Å². The lowest BCUT2D eigenvalue weighted by molar-refractivity contribution is 0.250. The molecule has 1 saturated heterocycles. The molecule has 2 atom stereocenters. The Morgan fingerprint density at radius 2 is 2.00 bits per heavy atom. The Kier molecular flexibility index (Phi) is 6.14. The molecule has 8 heteroatoms. The maximum absolute atomic E-state index is 12.6. The Labute approximate surface area is 135 Å². The van der Waals surface area contributed by atoms with Gasteiger partial charge in [0.2, 0.25) is 10.0 Å². The Balaban J connectivity index is 0.00000200. The first-order chi connectivity index (χ1) is 8.84. The minimum atomic E-state index is -3.61. The third kappa shape index (κ3) is 3.40. The van der Waals surface area contributed by atoms with Gasteiger partial charge in [0.15, 0.2) is 0 Å². The molecule has 1 fully saturated rings. The zero-order valence-electron chi connectivity index (χ0n) is 10.9. The van der Waals surface area contributed by atoms with E-state index >= 15 is 0 Å². The summed E-state index contributed by atoms with van der Waals surface area (Å²) in [6.45, 7) is 2.77.